The van der Waals surface area contributed by atoms with Gasteiger partial charge in [0.2, 0.25) is 0 Å². The van der Waals surface area contributed by atoms with Crippen LogP contribution >= 0.6 is 0 Å². The Labute approximate surface area is 166 Å². The van der Waals surface area contributed by atoms with E-state index >= 15 is 0 Å². The fourth-order valence-corrected chi connectivity index (χ4v) is 2.31. The predicted molar refractivity (Wildman–Crippen MR) is 97.8 cm³/mol. The summed E-state index contributed by atoms with van der Waals surface area (Å²) in [5.41, 5.74) is 3.13. The molecule has 0 saturated carbocycles. The molecule has 0 aliphatic heterocycles. The molecule has 26 heavy (non-hydrogen) atoms. The van der Waals surface area contributed by atoms with Crippen LogP contribution in [0.2, 0.25) is 0 Å². The standard InChI is InChI=1S/C16H11FN.C5H8O2.Pt/c1-11-7-8-13(10-15(11)17)14-6-2-4-12-5-3-9-18-16(12)14;1-4(6)3-5(2)7;/h2-7,9-10H,1H3;3,6H,1-2H3;/q-1;;/b;4-3-;. The number of aliphatic hydroxyl groups is 1. The molecule has 3 aromatic rings. The van der Waals surface area contributed by atoms with Gasteiger partial charge in [0.1, 0.15) is 0 Å². The van der Waals surface area contributed by atoms with E-state index in [0.717, 1.165) is 22.0 Å². The molecule has 2 aromatic carbocycles. The van der Waals surface area contributed by atoms with Crippen LogP contribution in [0.4, 0.5) is 4.39 Å². The molecule has 3 nitrogen and oxygen atoms in total. The summed E-state index contributed by atoms with van der Waals surface area (Å²) < 4.78 is 13.6. The van der Waals surface area contributed by atoms with E-state index in [-0.39, 0.29) is 38.4 Å². The average Bonchev–Trinajstić information content (AvgIpc) is 2.56. The first-order chi connectivity index (χ1) is 11.9. The summed E-state index contributed by atoms with van der Waals surface area (Å²) in [4.78, 5) is 14.4. The van der Waals surface area contributed by atoms with Crippen LogP contribution in [0.25, 0.3) is 22.0 Å². The molecule has 0 radical (unpaired) electrons. The van der Waals surface area contributed by atoms with Crippen molar-refractivity contribution in [3.8, 4) is 11.1 Å². The number of nitrogens with zero attached hydrogens (tertiary/aromatic N) is 1. The maximum atomic E-state index is 13.6. The Morgan fingerprint density at radius 2 is 1.92 bits per heavy atom. The van der Waals surface area contributed by atoms with Crippen molar-refractivity contribution >= 4 is 16.7 Å². The van der Waals surface area contributed by atoms with Gasteiger partial charge in [-0.15, -0.1) is 23.8 Å². The molecule has 0 aliphatic rings. The number of benzene rings is 2. The zero-order valence-corrected chi connectivity index (χ0v) is 17.0. The molecule has 1 heterocycles. The molecule has 0 unspecified atom stereocenters. The number of halogens is 1. The largest absolute Gasteiger partial charge is 0.512 e. The first-order valence-electron chi connectivity index (χ1n) is 7.78. The van der Waals surface area contributed by atoms with Crippen LogP contribution in [-0.4, -0.2) is 15.9 Å². The number of carbonyl (C=O) groups excluding carboxylic acids is 1. The van der Waals surface area contributed by atoms with Gasteiger partial charge in [-0.3, -0.25) is 9.78 Å². The van der Waals surface area contributed by atoms with Crippen molar-refractivity contribution in [2.45, 2.75) is 20.8 Å². The van der Waals surface area contributed by atoms with Gasteiger partial charge in [-0.2, -0.15) is 0 Å². The number of aryl methyl sites for hydroxylation is 1. The van der Waals surface area contributed by atoms with Crippen LogP contribution in [0, 0.1) is 18.8 Å². The molecule has 138 valence electrons. The number of rotatable bonds is 2. The van der Waals surface area contributed by atoms with Crippen LogP contribution in [-0.2, 0) is 25.9 Å². The maximum absolute atomic E-state index is 13.6. The molecule has 0 spiro atoms. The summed E-state index contributed by atoms with van der Waals surface area (Å²) in [6.45, 7) is 4.58. The number of allylic oxidation sites excluding steroid dienone is 2. The summed E-state index contributed by atoms with van der Waals surface area (Å²) in [6.07, 6.45) is 2.91. The Morgan fingerprint density at radius 3 is 2.50 bits per heavy atom. The fraction of sp³-hybridized carbons (Fsp3) is 0.143. The van der Waals surface area contributed by atoms with Crippen molar-refractivity contribution < 1.29 is 35.4 Å². The van der Waals surface area contributed by atoms with Gasteiger partial charge in [0.15, 0.2) is 5.78 Å². The molecule has 0 bridgehead atoms. The van der Waals surface area contributed by atoms with Gasteiger partial charge in [-0.05, 0) is 25.3 Å². The van der Waals surface area contributed by atoms with Crippen LogP contribution in [0.3, 0.4) is 0 Å². The predicted octanol–water partition coefficient (Wildman–Crippen LogP) is 5.18. The summed E-state index contributed by atoms with van der Waals surface area (Å²) in [5, 5.41) is 9.41. The molecule has 0 amide bonds. The topological polar surface area (TPSA) is 50.2 Å². The minimum Gasteiger partial charge on any atom is -0.512 e. The second-order valence-electron chi connectivity index (χ2n) is 5.65. The molecule has 1 N–H and O–H groups in total. The van der Waals surface area contributed by atoms with Crippen LogP contribution < -0.4 is 0 Å². The number of carbonyl (C=O) groups is 1. The molecular formula is C21H19FNO2Pt-. The third-order valence-corrected chi connectivity index (χ3v) is 3.43. The monoisotopic (exact) mass is 531 g/mol. The number of pyridine rings is 1. The van der Waals surface area contributed by atoms with Gasteiger partial charge >= 0.3 is 0 Å². The van der Waals surface area contributed by atoms with Crippen molar-refractivity contribution in [1.82, 2.24) is 4.98 Å². The number of hydrogen-bond acceptors (Lipinski definition) is 3. The minimum atomic E-state index is -0.211. The number of aliphatic hydroxyl groups excluding tert-OH is 1. The van der Waals surface area contributed by atoms with Gasteiger partial charge in [-0.1, -0.05) is 42.3 Å². The summed E-state index contributed by atoms with van der Waals surface area (Å²) in [6, 6.07) is 16.1. The number of aromatic nitrogens is 1. The third kappa shape index (κ3) is 5.89. The van der Waals surface area contributed by atoms with E-state index in [2.05, 4.69) is 11.1 Å². The summed E-state index contributed by atoms with van der Waals surface area (Å²) in [7, 11) is 0. The normalized spacial score (nSPS) is 10.5. The van der Waals surface area contributed by atoms with E-state index in [9.17, 15) is 9.18 Å². The molecule has 0 saturated heterocycles. The Morgan fingerprint density at radius 1 is 1.23 bits per heavy atom. The summed E-state index contributed by atoms with van der Waals surface area (Å²) >= 11 is 0. The van der Waals surface area contributed by atoms with Crippen LogP contribution in [0.1, 0.15) is 19.4 Å². The van der Waals surface area contributed by atoms with Crippen molar-refractivity contribution in [2.24, 2.45) is 0 Å². The fourth-order valence-electron chi connectivity index (χ4n) is 2.31. The smallest absolute Gasteiger partial charge is 0.155 e. The first-order valence-corrected chi connectivity index (χ1v) is 7.78. The molecular weight excluding hydrogens is 512 g/mol. The van der Waals surface area contributed by atoms with Crippen molar-refractivity contribution in [3.05, 3.63) is 77.9 Å². The Hall–Kier alpha value is -2.32. The zero-order valence-electron chi connectivity index (χ0n) is 14.7. The van der Waals surface area contributed by atoms with Gasteiger partial charge in [0.25, 0.3) is 0 Å². The SMILES string of the molecule is CC(=O)/C=C(/C)O.Cc1c[c-]c(-c2cccc3cccnc23)cc1F.[Pt]. The van der Waals surface area contributed by atoms with E-state index in [1.54, 1.807) is 19.2 Å². The van der Waals surface area contributed by atoms with E-state index in [1.165, 1.54) is 26.0 Å². The van der Waals surface area contributed by atoms with E-state index < -0.39 is 0 Å². The van der Waals surface area contributed by atoms with Crippen LogP contribution in [0.15, 0.2) is 60.5 Å². The maximum Gasteiger partial charge on any atom is 0.155 e. The van der Waals surface area contributed by atoms with E-state index in [0.29, 0.717) is 5.56 Å². The number of hydrogen-bond donors (Lipinski definition) is 1. The third-order valence-electron chi connectivity index (χ3n) is 3.43. The van der Waals surface area contributed by atoms with Gasteiger partial charge < -0.3 is 5.11 Å². The zero-order chi connectivity index (χ0) is 18.4. The number of para-hydroxylation sites is 1. The average molecular weight is 531 g/mol. The van der Waals surface area contributed by atoms with E-state index in [1.807, 2.05) is 30.3 Å². The van der Waals surface area contributed by atoms with Crippen LogP contribution in [0.5, 0.6) is 0 Å². The van der Waals surface area contributed by atoms with Crippen molar-refractivity contribution in [1.29, 1.82) is 0 Å². The van der Waals surface area contributed by atoms with Crippen molar-refractivity contribution in [2.75, 3.05) is 0 Å². The van der Waals surface area contributed by atoms with Gasteiger partial charge in [0.05, 0.1) is 5.76 Å². The second-order valence-corrected chi connectivity index (χ2v) is 5.65. The van der Waals surface area contributed by atoms with E-state index in [4.69, 9.17) is 5.11 Å². The Balaban J connectivity index is 0.000000366. The molecule has 0 aliphatic carbocycles. The Kier molecular flexibility index (Phi) is 8.34. The first kappa shape index (κ1) is 21.7. The molecule has 0 fully saturated rings. The summed E-state index contributed by atoms with van der Waals surface area (Å²) in [5.74, 6) is -0.274. The number of ketones is 1. The van der Waals surface area contributed by atoms with Crippen molar-refractivity contribution in [3.63, 3.8) is 0 Å². The number of fused-ring (bicyclic) bond motifs is 1. The quantitative estimate of drug-likeness (QED) is 0.282. The Bertz CT molecular complexity index is 929. The molecule has 0 atom stereocenters. The van der Waals surface area contributed by atoms with Gasteiger partial charge in [0, 0.05) is 44.7 Å². The molecule has 1 aromatic heterocycles. The van der Waals surface area contributed by atoms with Gasteiger partial charge in [-0.25, -0.2) is 4.39 Å². The molecule has 5 heteroatoms. The molecule has 3 rings (SSSR count). The second kappa shape index (κ2) is 9.98. The minimum absolute atomic E-state index is 0.